The Morgan fingerprint density at radius 1 is 1.19 bits per heavy atom. The predicted molar refractivity (Wildman–Crippen MR) is 123 cm³/mol. The second kappa shape index (κ2) is 9.10. The van der Waals surface area contributed by atoms with E-state index in [1.165, 1.54) is 12.8 Å². The van der Waals surface area contributed by atoms with Crippen LogP contribution in [0.1, 0.15) is 32.7 Å². The molecular formula is C24H27BrN2O4. The van der Waals surface area contributed by atoms with Crippen LogP contribution in [0.15, 0.2) is 46.9 Å². The molecule has 2 saturated heterocycles. The van der Waals surface area contributed by atoms with Crippen LogP contribution in [0.25, 0.3) is 0 Å². The van der Waals surface area contributed by atoms with Crippen LogP contribution in [0.4, 0.5) is 5.69 Å². The van der Waals surface area contributed by atoms with E-state index in [0.717, 1.165) is 36.2 Å². The van der Waals surface area contributed by atoms with Gasteiger partial charge >= 0.3 is 5.97 Å². The number of β-amino-alcohol motifs (C(OH)–C–C–N with tert-alkyl or cyclic N) is 1. The Labute approximate surface area is 190 Å². The first kappa shape index (κ1) is 22.0. The Hall–Kier alpha value is -2.22. The van der Waals surface area contributed by atoms with Gasteiger partial charge in [-0.1, -0.05) is 22.0 Å². The van der Waals surface area contributed by atoms with Crippen molar-refractivity contribution in [3.8, 4) is 0 Å². The summed E-state index contributed by atoms with van der Waals surface area (Å²) in [5.74, 6) is -0.518. The van der Waals surface area contributed by atoms with E-state index in [0.29, 0.717) is 36.7 Å². The highest BCUT2D eigenvalue weighted by Gasteiger charge is 2.51. The lowest BCUT2D eigenvalue weighted by atomic mass is 9.72. The molecule has 2 aliphatic rings. The van der Waals surface area contributed by atoms with Crippen LogP contribution in [-0.4, -0.2) is 68.2 Å². The van der Waals surface area contributed by atoms with E-state index < -0.39 is 12.1 Å². The van der Waals surface area contributed by atoms with Gasteiger partial charge in [0.05, 0.1) is 18.8 Å². The molecule has 4 rings (SSSR count). The first-order chi connectivity index (χ1) is 14.9. The number of rotatable bonds is 8. The number of methoxy groups -OCH3 is 1. The summed E-state index contributed by atoms with van der Waals surface area (Å²) in [7, 11) is 1.29. The summed E-state index contributed by atoms with van der Waals surface area (Å²) < 4.78 is 5.79. The zero-order valence-electron chi connectivity index (χ0n) is 17.6. The average molecular weight is 487 g/mol. The van der Waals surface area contributed by atoms with Crippen LogP contribution in [0, 0.1) is 5.41 Å². The lowest BCUT2D eigenvalue weighted by molar-refractivity contribution is -0.0454. The van der Waals surface area contributed by atoms with Crippen molar-refractivity contribution in [1.29, 1.82) is 0 Å². The molecule has 0 amide bonds. The summed E-state index contributed by atoms with van der Waals surface area (Å²) in [5.41, 5.74) is 3.16. The zero-order chi connectivity index (χ0) is 22.0. The molecule has 6 nitrogen and oxygen atoms in total. The number of aldehydes is 1. The minimum atomic E-state index is -0.518. The maximum atomic E-state index is 11.7. The number of aryl methyl sites for hydroxylation is 1. The molecule has 0 bridgehead atoms. The van der Waals surface area contributed by atoms with Gasteiger partial charge in [-0.25, -0.2) is 4.79 Å². The number of hydrogen-bond acceptors (Lipinski definition) is 6. The molecule has 0 saturated carbocycles. The molecule has 1 atom stereocenters. The Bertz CT molecular complexity index is 949. The van der Waals surface area contributed by atoms with E-state index in [1.54, 1.807) is 12.1 Å². The van der Waals surface area contributed by atoms with Gasteiger partial charge in [0.2, 0.25) is 0 Å². The van der Waals surface area contributed by atoms with Gasteiger partial charge in [0, 0.05) is 53.9 Å². The third-order valence-corrected chi connectivity index (χ3v) is 6.77. The maximum absolute atomic E-state index is 11.7. The first-order valence-corrected chi connectivity index (χ1v) is 11.3. The molecule has 1 spiro atoms. The number of nitrogens with zero attached hydrogens (tertiary/aromatic N) is 2. The SMILES string of the molecule is COC(=O)c1ccc(CC[C@H](O)CN2CC3(C2)CN(c2ccc(Br)cc2)C3)cc1C=O. The zero-order valence-corrected chi connectivity index (χ0v) is 19.2. The van der Waals surface area contributed by atoms with Crippen LogP contribution in [0.2, 0.25) is 0 Å². The quantitative estimate of drug-likeness (QED) is 0.456. The van der Waals surface area contributed by atoms with Crippen molar-refractivity contribution in [3.63, 3.8) is 0 Å². The third kappa shape index (κ3) is 4.84. The summed E-state index contributed by atoms with van der Waals surface area (Å²) in [6.45, 7) is 4.87. The summed E-state index contributed by atoms with van der Waals surface area (Å²) >= 11 is 3.48. The molecule has 1 N–H and O–H groups in total. The van der Waals surface area contributed by atoms with Gasteiger partial charge in [0.15, 0.2) is 6.29 Å². The number of anilines is 1. The van der Waals surface area contributed by atoms with Crippen molar-refractivity contribution in [2.75, 3.05) is 44.7 Å². The molecule has 2 aliphatic heterocycles. The summed E-state index contributed by atoms with van der Waals surface area (Å²) in [5, 5.41) is 10.5. The number of hydrogen-bond donors (Lipinski definition) is 1. The standard InChI is InChI=1S/C24H27BrN2O4/c1-31-23(30)22-9-3-17(10-18(22)12-28)2-8-21(29)11-26-13-24(14-26)15-27(16-24)20-6-4-19(25)5-7-20/h3-7,9-10,12,21,29H,2,8,11,13-16H2,1H3/t21-/m0/s1. The van der Waals surface area contributed by atoms with E-state index in [9.17, 15) is 14.7 Å². The molecule has 0 unspecified atom stereocenters. The van der Waals surface area contributed by atoms with E-state index >= 15 is 0 Å². The number of benzene rings is 2. The van der Waals surface area contributed by atoms with Crippen molar-refractivity contribution in [1.82, 2.24) is 4.90 Å². The molecule has 7 heteroatoms. The van der Waals surface area contributed by atoms with Crippen LogP contribution in [0.3, 0.4) is 0 Å². The third-order valence-electron chi connectivity index (χ3n) is 6.25. The van der Waals surface area contributed by atoms with Gasteiger partial charge < -0.3 is 14.7 Å². The maximum Gasteiger partial charge on any atom is 0.338 e. The largest absolute Gasteiger partial charge is 0.465 e. The molecule has 0 aliphatic carbocycles. The number of halogens is 1. The molecule has 2 aromatic carbocycles. The van der Waals surface area contributed by atoms with Crippen LogP contribution in [0.5, 0.6) is 0 Å². The van der Waals surface area contributed by atoms with Crippen molar-refractivity contribution < 1.29 is 19.4 Å². The van der Waals surface area contributed by atoms with Crippen molar-refractivity contribution in [3.05, 3.63) is 63.6 Å². The van der Waals surface area contributed by atoms with Crippen LogP contribution >= 0.6 is 15.9 Å². The molecule has 2 aromatic rings. The Balaban J connectivity index is 1.20. The summed E-state index contributed by atoms with van der Waals surface area (Å²) in [4.78, 5) is 27.7. The lowest BCUT2D eigenvalue weighted by Gasteiger charge is -2.61. The molecule has 2 fully saturated rings. The fraction of sp³-hybridized carbons (Fsp3) is 0.417. The van der Waals surface area contributed by atoms with Crippen LogP contribution < -0.4 is 4.90 Å². The van der Waals surface area contributed by atoms with Crippen molar-refractivity contribution in [2.45, 2.75) is 18.9 Å². The molecular weight excluding hydrogens is 460 g/mol. The predicted octanol–water partition coefficient (Wildman–Crippen LogP) is 3.16. The van der Waals surface area contributed by atoms with Crippen molar-refractivity contribution >= 4 is 33.9 Å². The van der Waals surface area contributed by atoms with E-state index in [2.05, 4.69) is 50.0 Å². The fourth-order valence-corrected chi connectivity index (χ4v) is 4.98. The highest BCUT2D eigenvalue weighted by Crippen LogP contribution is 2.42. The minimum absolute atomic E-state index is 0.269. The number of likely N-dealkylation sites (tertiary alicyclic amines) is 1. The number of carbonyl (C=O) groups excluding carboxylic acids is 2. The minimum Gasteiger partial charge on any atom is -0.465 e. The number of aliphatic hydroxyl groups excluding tert-OH is 1. The number of carbonyl (C=O) groups is 2. The molecule has 0 radical (unpaired) electrons. The van der Waals surface area contributed by atoms with E-state index in [-0.39, 0.29) is 5.56 Å². The van der Waals surface area contributed by atoms with Gasteiger partial charge in [-0.05, 0) is 54.8 Å². The second-order valence-electron chi connectivity index (χ2n) is 8.73. The Kier molecular flexibility index (Phi) is 6.46. The van der Waals surface area contributed by atoms with Gasteiger partial charge in [0.1, 0.15) is 0 Å². The van der Waals surface area contributed by atoms with E-state index in [4.69, 9.17) is 4.74 Å². The monoisotopic (exact) mass is 486 g/mol. The van der Waals surface area contributed by atoms with Crippen molar-refractivity contribution in [2.24, 2.45) is 5.41 Å². The Morgan fingerprint density at radius 3 is 2.55 bits per heavy atom. The summed E-state index contributed by atoms with van der Waals surface area (Å²) in [6, 6.07) is 13.6. The number of esters is 1. The number of aliphatic hydroxyl groups is 1. The van der Waals surface area contributed by atoms with Gasteiger partial charge in [-0.15, -0.1) is 0 Å². The second-order valence-corrected chi connectivity index (χ2v) is 9.64. The highest BCUT2D eigenvalue weighted by molar-refractivity contribution is 9.10. The smallest absolute Gasteiger partial charge is 0.338 e. The van der Waals surface area contributed by atoms with E-state index in [1.807, 2.05) is 6.07 Å². The number of ether oxygens (including phenoxy) is 1. The Morgan fingerprint density at radius 2 is 1.90 bits per heavy atom. The van der Waals surface area contributed by atoms with Gasteiger partial charge in [-0.2, -0.15) is 0 Å². The normalized spacial score (nSPS) is 18.2. The van der Waals surface area contributed by atoms with Gasteiger partial charge in [0.25, 0.3) is 0 Å². The molecule has 31 heavy (non-hydrogen) atoms. The van der Waals surface area contributed by atoms with Crippen LogP contribution in [-0.2, 0) is 11.2 Å². The average Bonchev–Trinajstić information content (AvgIpc) is 2.73. The van der Waals surface area contributed by atoms with Gasteiger partial charge in [-0.3, -0.25) is 9.69 Å². The molecule has 2 heterocycles. The molecule has 164 valence electrons. The lowest BCUT2D eigenvalue weighted by Crippen LogP contribution is -2.72. The first-order valence-electron chi connectivity index (χ1n) is 10.5. The fourth-order valence-electron chi connectivity index (χ4n) is 4.71. The summed E-state index contributed by atoms with van der Waals surface area (Å²) in [6.07, 6.45) is 1.52. The topological polar surface area (TPSA) is 70.1 Å². The highest BCUT2D eigenvalue weighted by atomic mass is 79.9. The molecule has 0 aromatic heterocycles.